The average molecular weight is 432 g/mol. The van der Waals surface area contributed by atoms with Crippen molar-refractivity contribution in [1.29, 1.82) is 5.26 Å². The maximum absolute atomic E-state index is 13.1. The lowest BCUT2D eigenvalue weighted by Gasteiger charge is -2.27. The molecule has 162 valence electrons. The number of nitriles is 1. The van der Waals surface area contributed by atoms with E-state index in [0.717, 1.165) is 17.0 Å². The van der Waals surface area contributed by atoms with Crippen molar-refractivity contribution < 1.29 is 35.8 Å². The van der Waals surface area contributed by atoms with Gasteiger partial charge in [0.2, 0.25) is 0 Å². The van der Waals surface area contributed by atoms with Crippen LogP contribution >= 0.6 is 0 Å². The Balaban J connectivity index is 2.11. The van der Waals surface area contributed by atoms with Crippen LogP contribution in [0.5, 0.6) is 11.5 Å². The molecule has 0 aliphatic carbocycles. The zero-order valence-corrected chi connectivity index (χ0v) is 15.8. The number of halogens is 6. The Kier molecular flexibility index (Phi) is 7.43. The van der Waals surface area contributed by atoms with Gasteiger partial charge in [-0.15, -0.1) is 0 Å². The van der Waals surface area contributed by atoms with Crippen molar-refractivity contribution >= 4 is 5.69 Å². The summed E-state index contributed by atoms with van der Waals surface area (Å²) in [6.45, 7) is -1.57. The summed E-state index contributed by atoms with van der Waals surface area (Å²) in [4.78, 5) is 0.785. The van der Waals surface area contributed by atoms with E-state index in [1.807, 2.05) is 0 Å². The summed E-state index contributed by atoms with van der Waals surface area (Å²) < 4.78 is 88.8. The van der Waals surface area contributed by atoms with E-state index in [1.54, 1.807) is 24.3 Å². The van der Waals surface area contributed by atoms with Crippen LogP contribution in [-0.4, -0.2) is 33.0 Å². The standard InChI is InChI=1S/C20H18F6N2O2/c1-29-16-5-7-17(8-6-16)30-10-2-9-28(13-19(21,22)23)15-4-3-14(12-27)18(11-15)20(24,25)26/h3-8,11H,2,9-10,13H2,1H3. The molecule has 0 atom stereocenters. The number of ether oxygens (including phenoxy) is 2. The van der Waals surface area contributed by atoms with E-state index in [0.29, 0.717) is 17.6 Å². The van der Waals surface area contributed by atoms with Crippen LogP contribution in [0.3, 0.4) is 0 Å². The second-order valence-electron chi connectivity index (χ2n) is 6.25. The van der Waals surface area contributed by atoms with Gasteiger partial charge in [0, 0.05) is 12.2 Å². The Morgan fingerprint density at radius 3 is 2.13 bits per heavy atom. The number of alkyl halides is 6. The molecule has 2 aromatic carbocycles. The molecule has 10 heteroatoms. The Morgan fingerprint density at radius 2 is 1.60 bits per heavy atom. The number of anilines is 1. The highest BCUT2D eigenvalue weighted by molar-refractivity contribution is 5.55. The van der Waals surface area contributed by atoms with Crippen molar-refractivity contribution in [1.82, 2.24) is 0 Å². The first-order valence-electron chi connectivity index (χ1n) is 8.73. The molecule has 0 N–H and O–H groups in total. The monoisotopic (exact) mass is 432 g/mol. The number of methoxy groups -OCH3 is 1. The van der Waals surface area contributed by atoms with Crippen LogP contribution < -0.4 is 14.4 Å². The Bertz CT molecular complexity index is 873. The van der Waals surface area contributed by atoms with Crippen molar-refractivity contribution in [3.05, 3.63) is 53.6 Å². The first kappa shape index (κ1) is 23.2. The van der Waals surface area contributed by atoms with Gasteiger partial charge in [0.1, 0.15) is 18.0 Å². The second-order valence-corrected chi connectivity index (χ2v) is 6.25. The Morgan fingerprint density at radius 1 is 0.967 bits per heavy atom. The van der Waals surface area contributed by atoms with Crippen LogP contribution in [0.15, 0.2) is 42.5 Å². The van der Waals surface area contributed by atoms with E-state index < -0.39 is 30.0 Å². The SMILES string of the molecule is COc1ccc(OCCCN(CC(F)(F)F)c2ccc(C#N)c(C(F)(F)F)c2)cc1. The highest BCUT2D eigenvalue weighted by atomic mass is 19.4. The van der Waals surface area contributed by atoms with E-state index in [2.05, 4.69) is 0 Å². The minimum absolute atomic E-state index is 0.0586. The van der Waals surface area contributed by atoms with Crippen LogP contribution in [0.2, 0.25) is 0 Å². The molecule has 2 rings (SSSR count). The minimum atomic E-state index is -4.86. The zero-order chi connectivity index (χ0) is 22.4. The lowest BCUT2D eigenvalue weighted by Crippen LogP contribution is -2.35. The second kappa shape index (κ2) is 9.61. The molecule has 4 nitrogen and oxygen atoms in total. The molecule has 0 heterocycles. The summed E-state index contributed by atoms with van der Waals surface area (Å²) in [5.74, 6) is 1.09. The molecule has 0 aliphatic heterocycles. The van der Waals surface area contributed by atoms with Gasteiger partial charge in [-0.25, -0.2) is 0 Å². The first-order valence-corrected chi connectivity index (χ1v) is 8.73. The fraction of sp³-hybridized carbons (Fsp3) is 0.350. The van der Waals surface area contributed by atoms with Gasteiger partial charge in [-0.3, -0.25) is 0 Å². The van der Waals surface area contributed by atoms with Crippen LogP contribution in [0.1, 0.15) is 17.5 Å². The first-order chi connectivity index (χ1) is 14.0. The third kappa shape index (κ3) is 6.76. The van der Waals surface area contributed by atoms with Crippen LogP contribution in [0.4, 0.5) is 32.0 Å². The van der Waals surface area contributed by atoms with Gasteiger partial charge in [0.25, 0.3) is 0 Å². The van der Waals surface area contributed by atoms with Crippen LogP contribution in [0, 0.1) is 11.3 Å². The van der Waals surface area contributed by atoms with Gasteiger partial charge in [-0.05, 0) is 48.9 Å². The molecule has 0 bridgehead atoms. The van der Waals surface area contributed by atoms with Crippen molar-refractivity contribution in [2.24, 2.45) is 0 Å². The van der Waals surface area contributed by atoms with Crippen molar-refractivity contribution in [2.45, 2.75) is 18.8 Å². The minimum Gasteiger partial charge on any atom is -0.497 e. The van der Waals surface area contributed by atoms with Gasteiger partial charge in [-0.1, -0.05) is 0 Å². The molecule has 0 radical (unpaired) electrons. The van der Waals surface area contributed by atoms with E-state index >= 15 is 0 Å². The van der Waals surface area contributed by atoms with Gasteiger partial charge in [-0.2, -0.15) is 31.6 Å². The highest BCUT2D eigenvalue weighted by Crippen LogP contribution is 2.35. The lowest BCUT2D eigenvalue weighted by molar-refractivity contribution is -0.137. The molecule has 0 spiro atoms. The fourth-order valence-corrected chi connectivity index (χ4v) is 2.69. The summed E-state index contributed by atoms with van der Waals surface area (Å²) in [6.07, 6.45) is -9.35. The maximum atomic E-state index is 13.1. The van der Waals surface area contributed by atoms with Gasteiger partial charge >= 0.3 is 12.4 Å². The molecule has 0 aromatic heterocycles. The molecule has 0 fully saturated rings. The van der Waals surface area contributed by atoms with Crippen molar-refractivity contribution in [2.75, 3.05) is 31.7 Å². The number of nitrogens with zero attached hydrogens (tertiary/aromatic N) is 2. The van der Waals surface area contributed by atoms with Gasteiger partial charge < -0.3 is 14.4 Å². The molecular formula is C20H18F6N2O2. The number of hydrogen-bond donors (Lipinski definition) is 0. The Labute approximate surface area is 169 Å². The van der Waals surface area contributed by atoms with Gasteiger partial charge in [0.05, 0.1) is 30.9 Å². The molecule has 0 unspecified atom stereocenters. The highest BCUT2D eigenvalue weighted by Gasteiger charge is 2.35. The summed E-state index contributed by atoms with van der Waals surface area (Å²) in [6, 6.07) is 10.5. The summed E-state index contributed by atoms with van der Waals surface area (Å²) in [5.41, 5.74) is -2.20. The number of hydrogen-bond acceptors (Lipinski definition) is 4. The molecule has 0 saturated carbocycles. The quantitative estimate of drug-likeness (QED) is 0.413. The van der Waals surface area contributed by atoms with Gasteiger partial charge in [0.15, 0.2) is 0 Å². The molecular weight excluding hydrogens is 414 g/mol. The molecule has 0 amide bonds. The largest absolute Gasteiger partial charge is 0.497 e. The summed E-state index contributed by atoms with van der Waals surface area (Å²) in [5, 5.41) is 8.84. The zero-order valence-electron chi connectivity index (χ0n) is 15.8. The van der Waals surface area contributed by atoms with Crippen LogP contribution in [0.25, 0.3) is 0 Å². The molecule has 0 saturated heterocycles. The number of rotatable bonds is 8. The molecule has 30 heavy (non-hydrogen) atoms. The van der Waals surface area contributed by atoms with Crippen LogP contribution in [-0.2, 0) is 6.18 Å². The van der Waals surface area contributed by atoms with E-state index in [-0.39, 0.29) is 25.3 Å². The topological polar surface area (TPSA) is 45.5 Å². The third-order valence-electron chi connectivity index (χ3n) is 4.06. The third-order valence-corrected chi connectivity index (χ3v) is 4.06. The average Bonchev–Trinajstić information content (AvgIpc) is 2.68. The summed E-state index contributed by atoms with van der Waals surface area (Å²) >= 11 is 0. The normalized spacial score (nSPS) is 11.7. The predicted molar refractivity (Wildman–Crippen MR) is 97.5 cm³/mol. The lowest BCUT2D eigenvalue weighted by atomic mass is 10.1. The summed E-state index contributed by atoms with van der Waals surface area (Å²) in [7, 11) is 1.50. The van der Waals surface area contributed by atoms with Crippen molar-refractivity contribution in [3.63, 3.8) is 0 Å². The Hall–Kier alpha value is -3.09. The molecule has 2 aromatic rings. The van der Waals surface area contributed by atoms with E-state index in [9.17, 15) is 26.3 Å². The van der Waals surface area contributed by atoms with Crippen molar-refractivity contribution in [3.8, 4) is 17.6 Å². The van der Waals surface area contributed by atoms with E-state index in [4.69, 9.17) is 14.7 Å². The van der Waals surface area contributed by atoms with E-state index in [1.165, 1.54) is 13.2 Å². The smallest absolute Gasteiger partial charge is 0.417 e. The predicted octanol–water partition coefficient (Wildman–Crippen LogP) is 5.42. The molecule has 0 aliphatic rings. The fourth-order valence-electron chi connectivity index (χ4n) is 2.69. The number of benzene rings is 2. The maximum Gasteiger partial charge on any atom is 0.417 e.